The van der Waals surface area contributed by atoms with Gasteiger partial charge in [0, 0.05) is 36.2 Å². The summed E-state index contributed by atoms with van der Waals surface area (Å²) >= 11 is 0. The minimum absolute atomic E-state index is 0.137. The molecule has 0 saturated heterocycles. The van der Waals surface area contributed by atoms with Crippen LogP contribution in [0.1, 0.15) is 74.9 Å². The zero-order valence-electron chi connectivity index (χ0n) is 26.0. The zero-order valence-corrected chi connectivity index (χ0v) is 26.0. The molecule has 5 rings (SSSR count). The molecule has 0 unspecified atom stereocenters. The van der Waals surface area contributed by atoms with Crippen molar-refractivity contribution in [2.24, 2.45) is 0 Å². The van der Waals surface area contributed by atoms with E-state index >= 15 is 0 Å². The molecular weight excluding hydrogens is 490 g/mol. The average molecular weight is 536 g/mol. The molecule has 5 nitrogen and oxygen atoms in total. The van der Waals surface area contributed by atoms with Crippen LogP contribution in [0.25, 0.3) is 0 Å². The summed E-state index contributed by atoms with van der Waals surface area (Å²) in [5.74, 6) is 1.90. The highest BCUT2D eigenvalue weighted by molar-refractivity contribution is 5.68. The number of hydrogen-bond acceptors (Lipinski definition) is 5. The maximum absolute atomic E-state index is 5.07. The molecule has 210 valence electrons. The van der Waals surface area contributed by atoms with Crippen molar-refractivity contribution in [3.05, 3.63) is 101 Å². The van der Waals surface area contributed by atoms with Gasteiger partial charge in [-0.3, -0.25) is 0 Å². The highest BCUT2D eigenvalue weighted by Gasteiger charge is 2.25. The predicted octanol–water partition coefficient (Wildman–Crippen LogP) is 8.42. The van der Waals surface area contributed by atoms with Crippen molar-refractivity contribution in [2.75, 3.05) is 32.9 Å². The smallest absolute Gasteiger partial charge is 0.136 e. The zero-order chi connectivity index (χ0) is 29.0. The monoisotopic (exact) mass is 535 g/mol. The van der Waals surface area contributed by atoms with E-state index < -0.39 is 0 Å². The summed E-state index contributed by atoms with van der Waals surface area (Å²) in [6.07, 6.45) is 8.62. The number of benzene rings is 2. The van der Waals surface area contributed by atoms with E-state index in [0.717, 1.165) is 25.0 Å². The Morgan fingerprint density at radius 1 is 0.525 bits per heavy atom. The van der Waals surface area contributed by atoms with Crippen molar-refractivity contribution in [3.63, 3.8) is 0 Å². The van der Waals surface area contributed by atoms with Crippen molar-refractivity contribution in [1.82, 2.24) is 4.98 Å². The van der Waals surface area contributed by atoms with Gasteiger partial charge in [-0.05, 0) is 84.0 Å². The quantitative estimate of drug-likeness (QED) is 0.334. The van der Waals surface area contributed by atoms with E-state index in [-0.39, 0.29) is 10.8 Å². The number of rotatable bonds is 4. The highest BCUT2D eigenvalue weighted by Crippen LogP contribution is 2.36. The number of aryl methyl sites for hydroxylation is 4. The van der Waals surface area contributed by atoms with Gasteiger partial charge in [0.05, 0.1) is 0 Å². The van der Waals surface area contributed by atoms with E-state index in [4.69, 9.17) is 4.98 Å². The Hall–Kier alpha value is -3.73. The number of pyridine rings is 1. The van der Waals surface area contributed by atoms with Crippen LogP contribution in [-0.4, -0.2) is 18.3 Å². The van der Waals surface area contributed by atoms with Gasteiger partial charge in [0.25, 0.3) is 0 Å². The van der Waals surface area contributed by atoms with E-state index in [1.807, 2.05) is 0 Å². The molecule has 0 saturated carbocycles. The van der Waals surface area contributed by atoms with Gasteiger partial charge < -0.3 is 19.6 Å². The summed E-state index contributed by atoms with van der Waals surface area (Å²) < 4.78 is 0. The molecule has 0 bridgehead atoms. The molecule has 0 radical (unpaired) electrons. The Labute approximate surface area is 241 Å². The molecule has 2 aromatic carbocycles. The Morgan fingerprint density at radius 2 is 0.850 bits per heavy atom. The molecule has 40 heavy (non-hydrogen) atoms. The fourth-order valence-corrected chi connectivity index (χ4v) is 5.84. The summed E-state index contributed by atoms with van der Waals surface area (Å²) in [6, 6.07) is 15.6. The molecule has 0 amide bonds. The van der Waals surface area contributed by atoms with Crippen LogP contribution >= 0.6 is 0 Å². The fraction of sp³-hybridized carbons (Fsp3) is 0.400. The standard InChI is InChI=1S/C35H45N5/c1-24-18-28(34(5,6)7)19-25(2)32(24)39-16-14-37(22-39)30-12-11-13-31(36-30)38-15-17-40(23-38)33-26(3)20-29(21-27(33)4)35(8,9)10/h11-21H,22-23H2,1-10H3. The second-order valence-corrected chi connectivity index (χ2v) is 13.5. The van der Waals surface area contributed by atoms with Gasteiger partial charge in [-0.2, -0.15) is 0 Å². The van der Waals surface area contributed by atoms with E-state index in [2.05, 4.69) is 156 Å². The maximum atomic E-state index is 5.07. The molecule has 2 aliphatic rings. The molecule has 0 atom stereocenters. The van der Waals surface area contributed by atoms with Gasteiger partial charge in [0.15, 0.2) is 0 Å². The third-order valence-electron chi connectivity index (χ3n) is 8.06. The molecule has 0 N–H and O–H groups in total. The van der Waals surface area contributed by atoms with Gasteiger partial charge in [-0.25, -0.2) is 4.98 Å². The van der Waals surface area contributed by atoms with E-state index in [9.17, 15) is 0 Å². The van der Waals surface area contributed by atoms with Crippen LogP contribution < -0.4 is 19.6 Å². The molecule has 5 heteroatoms. The molecule has 3 aromatic rings. The van der Waals surface area contributed by atoms with Crippen LogP contribution in [-0.2, 0) is 10.8 Å². The first kappa shape index (κ1) is 27.8. The second-order valence-electron chi connectivity index (χ2n) is 13.5. The first-order chi connectivity index (χ1) is 18.7. The van der Waals surface area contributed by atoms with E-state index in [1.54, 1.807) is 0 Å². The molecule has 0 aliphatic carbocycles. The first-order valence-corrected chi connectivity index (χ1v) is 14.4. The van der Waals surface area contributed by atoms with Crippen molar-refractivity contribution in [1.29, 1.82) is 0 Å². The number of aromatic nitrogens is 1. The Kier molecular flexibility index (Phi) is 6.98. The summed E-state index contributed by atoms with van der Waals surface area (Å²) in [4.78, 5) is 14.2. The minimum atomic E-state index is 0.137. The van der Waals surface area contributed by atoms with Crippen LogP contribution in [0.15, 0.2) is 67.3 Å². The van der Waals surface area contributed by atoms with Crippen molar-refractivity contribution in [3.8, 4) is 0 Å². The largest absolute Gasteiger partial charge is 0.327 e. The van der Waals surface area contributed by atoms with Crippen LogP contribution in [0.5, 0.6) is 0 Å². The van der Waals surface area contributed by atoms with Crippen LogP contribution in [0.3, 0.4) is 0 Å². The third-order valence-corrected chi connectivity index (χ3v) is 8.06. The van der Waals surface area contributed by atoms with Gasteiger partial charge in [0.2, 0.25) is 0 Å². The summed E-state index contributed by atoms with van der Waals surface area (Å²) in [6.45, 7) is 24.0. The topological polar surface area (TPSA) is 25.9 Å². The Balaban J connectivity index is 1.32. The Bertz CT molecular complexity index is 1330. The second kappa shape index (κ2) is 10.0. The maximum Gasteiger partial charge on any atom is 0.136 e. The molecule has 3 heterocycles. The number of anilines is 4. The molecule has 2 aliphatic heterocycles. The lowest BCUT2D eigenvalue weighted by atomic mass is 9.84. The predicted molar refractivity (Wildman–Crippen MR) is 171 cm³/mol. The average Bonchev–Trinajstić information content (AvgIpc) is 3.53. The molecular formula is C35H45N5. The summed E-state index contributed by atoms with van der Waals surface area (Å²) in [5.41, 5.74) is 10.8. The number of nitrogens with zero attached hydrogens (tertiary/aromatic N) is 5. The minimum Gasteiger partial charge on any atom is -0.327 e. The molecule has 1 aromatic heterocycles. The van der Waals surface area contributed by atoms with Crippen molar-refractivity contribution >= 4 is 23.0 Å². The van der Waals surface area contributed by atoms with E-state index in [0.29, 0.717) is 0 Å². The van der Waals surface area contributed by atoms with Gasteiger partial charge >= 0.3 is 0 Å². The van der Waals surface area contributed by atoms with Gasteiger partial charge in [-0.1, -0.05) is 71.9 Å². The molecule has 0 fully saturated rings. The molecule has 0 spiro atoms. The van der Waals surface area contributed by atoms with Gasteiger partial charge in [-0.15, -0.1) is 0 Å². The lowest BCUT2D eigenvalue weighted by molar-refractivity contribution is 0.589. The van der Waals surface area contributed by atoms with Crippen LogP contribution in [0.4, 0.5) is 23.0 Å². The van der Waals surface area contributed by atoms with Crippen LogP contribution in [0, 0.1) is 27.7 Å². The summed E-state index contributed by atoms with van der Waals surface area (Å²) in [7, 11) is 0. The summed E-state index contributed by atoms with van der Waals surface area (Å²) in [5, 5.41) is 0. The Morgan fingerprint density at radius 3 is 1.18 bits per heavy atom. The van der Waals surface area contributed by atoms with Crippen molar-refractivity contribution in [2.45, 2.75) is 80.1 Å². The SMILES string of the molecule is Cc1cc(C(C)(C)C)cc(C)c1N1C=CN(c2cccc(N3C=CN(c4c(C)cc(C(C)(C)C)cc4C)C3)n2)C1. The number of hydrogen-bond donors (Lipinski definition) is 0. The lowest BCUT2D eigenvalue weighted by Gasteiger charge is -2.28. The lowest BCUT2D eigenvalue weighted by Crippen LogP contribution is -2.28. The normalized spacial score (nSPS) is 15.7. The highest BCUT2D eigenvalue weighted by atomic mass is 15.4. The van der Waals surface area contributed by atoms with Crippen LogP contribution in [0.2, 0.25) is 0 Å². The third kappa shape index (κ3) is 5.34. The van der Waals surface area contributed by atoms with Gasteiger partial charge in [0.1, 0.15) is 25.0 Å². The first-order valence-electron chi connectivity index (χ1n) is 14.4. The van der Waals surface area contributed by atoms with E-state index in [1.165, 1.54) is 44.8 Å². The van der Waals surface area contributed by atoms with Crippen molar-refractivity contribution < 1.29 is 0 Å². The fourth-order valence-electron chi connectivity index (χ4n) is 5.84.